The quantitative estimate of drug-likeness (QED) is 0.772. The van der Waals surface area contributed by atoms with Gasteiger partial charge < -0.3 is 9.64 Å². The van der Waals surface area contributed by atoms with E-state index >= 15 is 0 Å². The first-order valence-electron chi connectivity index (χ1n) is 10.1. The number of nitrogens with zero attached hydrogens (tertiary/aromatic N) is 2. The van der Waals surface area contributed by atoms with E-state index in [1.165, 1.54) is 15.9 Å². The fraction of sp³-hybridized carbons (Fsp3) is 0.409. The van der Waals surface area contributed by atoms with Crippen molar-refractivity contribution in [2.24, 2.45) is 0 Å². The van der Waals surface area contributed by atoms with Gasteiger partial charge in [0.05, 0.1) is 23.7 Å². The van der Waals surface area contributed by atoms with Gasteiger partial charge in [0.1, 0.15) is 0 Å². The summed E-state index contributed by atoms with van der Waals surface area (Å²) in [7, 11) is -3.72. The minimum absolute atomic E-state index is 0.0945. The maximum Gasteiger partial charge on any atom is 0.255 e. The molecule has 2 saturated heterocycles. The number of carbonyl (C=O) groups is 1. The topological polar surface area (TPSA) is 66.9 Å². The summed E-state index contributed by atoms with van der Waals surface area (Å²) in [4.78, 5) is 15.1. The number of amides is 1. The smallest absolute Gasteiger partial charge is 0.255 e. The SMILES string of the molecule is O=C(c1ccccc1S(=O)(=O)N1CCOCC1)N1CCC(c2ccccc2)CC1. The van der Waals surface area contributed by atoms with Gasteiger partial charge in [-0.1, -0.05) is 42.5 Å². The van der Waals surface area contributed by atoms with Crippen LogP contribution in [0.1, 0.15) is 34.7 Å². The van der Waals surface area contributed by atoms with Gasteiger partial charge >= 0.3 is 0 Å². The van der Waals surface area contributed by atoms with E-state index in [0.29, 0.717) is 45.3 Å². The van der Waals surface area contributed by atoms with Crippen molar-refractivity contribution < 1.29 is 17.9 Å². The highest BCUT2D eigenvalue weighted by molar-refractivity contribution is 7.89. The molecule has 2 aliphatic rings. The van der Waals surface area contributed by atoms with Crippen LogP contribution in [0.25, 0.3) is 0 Å². The molecule has 0 saturated carbocycles. The van der Waals surface area contributed by atoms with Crippen molar-refractivity contribution >= 4 is 15.9 Å². The number of rotatable bonds is 4. The van der Waals surface area contributed by atoms with E-state index in [1.807, 2.05) is 18.2 Å². The third kappa shape index (κ3) is 4.22. The van der Waals surface area contributed by atoms with Crippen molar-refractivity contribution in [3.05, 3.63) is 65.7 Å². The van der Waals surface area contributed by atoms with Crippen LogP contribution >= 0.6 is 0 Å². The second-order valence-corrected chi connectivity index (χ2v) is 9.40. The summed E-state index contributed by atoms with van der Waals surface area (Å²) in [5, 5.41) is 0. The van der Waals surface area contributed by atoms with E-state index in [9.17, 15) is 13.2 Å². The molecule has 2 aromatic rings. The number of ether oxygens (including phenoxy) is 1. The summed E-state index contributed by atoms with van der Waals surface area (Å²) in [5.74, 6) is 0.233. The van der Waals surface area contributed by atoms with Gasteiger partial charge in [-0.2, -0.15) is 4.31 Å². The van der Waals surface area contributed by atoms with Crippen LogP contribution in [0.15, 0.2) is 59.5 Å². The van der Waals surface area contributed by atoms with Gasteiger partial charge in [-0.25, -0.2) is 8.42 Å². The molecule has 0 aromatic heterocycles. The lowest BCUT2D eigenvalue weighted by Gasteiger charge is -2.33. The zero-order valence-electron chi connectivity index (χ0n) is 16.4. The molecule has 4 rings (SSSR count). The zero-order chi connectivity index (χ0) is 20.3. The molecule has 2 aliphatic heterocycles. The molecule has 154 valence electrons. The Morgan fingerprint density at radius 1 is 0.862 bits per heavy atom. The molecule has 2 heterocycles. The standard InChI is InChI=1S/C22H26N2O4S/c25-22(23-12-10-19(11-13-23)18-6-2-1-3-7-18)20-8-4-5-9-21(20)29(26,27)24-14-16-28-17-15-24/h1-9,19H,10-17H2. The number of hydrogen-bond acceptors (Lipinski definition) is 4. The molecule has 0 unspecified atom stereocenters. The van der Waals surface area contributed by atoms with Crippen molar-refractivity contribution in [1.82, 2.24) is 9.21 Å². The molecular formula is C22H26N2O4S. The lowest BCUT2D eigenvalue weighted by Crippen LogP contribution is -2.42. The summed E-state index contributed by atoms with van der Waals surface area (Å²) in [6.07, 6.45) is 1.77. The highest BCUT2D eigenvalue weighted by Gasteiger charge is 2.32. The van der Waals surface area contributed by atoms with Gasteiger partial charge in [-0.3, -0.25) is 4.79 Å². The van der Waals surface area contributed by atoms with E-state index in [1.54, 1.807) is 23.1 Å². The molecule has 6 nitrogen and oxygen atoms in total. The summed E-state index contributed by atoms with van der Waals surface area (Å²) >= 11 is 0. The van der Waals surface area contributed by atoms with Crippen LogP contribution in [-0.4, -0.2) is 62.9 Å². The Bertz CT molecular complexity index is 948. The summed E-state index contributed by atoms with van der Waals surface area (Å²) in [6, 6.07) is 16.9. The van der Waals surface area contributed by atoms with Gasteiger partial charge in [0.2, 0.25) is 10.0 Å². The number of morpholine rings is 1. The van der Waals surface area contributed by atoms with Crippen LogP contribution in [0.3, 0.4) is 0 Å². The van der Waals surface area contributed by atoms with Crippen LogP contribution in [0, 0.1) is 0 Å². The minimum Gasteiger partial charge on any atom is -0.379 e. The van der Waals surface area contributed by atoms with Crippen molar-refractivity contribution in [3.8, 4) is 0 Å². The van der Waals surface area contributed by atoms with Crippen molar-refractivity contribution in [2.45, 2.75) is 23.7 Å². The molecule has 0 N–H and O–H groups in total. The van der Waals surface area contributed by atoms with E-state index in [2.05, 4.69) is 12.1 Å². The lowest BCUT2D eigenvalue weighted by molar-refractivity contribution is 0.0703. The van der Waals surface area contributed by atoms with Crippen LogP contribution in [-0.2, 0) is 14.8 Å². The monoisotopic (exact) mass is 414 g/mol. The molecule has 0 atom stereocenters. The number of sulfonamides is 1. The van der Waals surface area contributed by atoms with E-state index in [4.69, 9.17) is 4.74 Å². The molecule has 1 amide bonds. The number of likely N-dealkylation sites (tertiary alicyclic amines) is 1. The molecule has 0 bridgehead atoms. The predicted molar refractivity (Wildman–Crippen MR) is 110 cm³/mol. The minimum atomic E-state index is -3.72. The van der Waals surface area contributed by atoms with Gasteiger partial charge in [0.15, 0.2) is 0 Å². The van der Waals surface area contributed by atoms with Crippen LogP contribution in [0.5, 0.6) is 0 Å². The van der Waals surface area contributed by atoms with E-state index in [-0.39, 0.29) is 16.4 Å². The highest BCUT2D eigenvalue weighted by Crippen LogP contribution is 2.29. The lowest BCUT2D eigenvalue weighted by atomic mass is 9.89. The second kappa shape index (κ2) is 8.65. The molecule has 0 radical (unpaired) electrons. The first-order valence-corrected chi connectivity index (χ1v) is 11.5. The van der Waals surface area contributed by atoms with Gasteiger partial charge in [0, 0.05) is 26.2 Å². The van der Waals surface area contributed by atoms with Gasteiger partial charge in [0.25, 0.3) is 5.91 Å². The van der Waals surface area contributed by atoms with Gasteiger partial charge in [-0.15, -0.1) is 0 Å². The third-order valence-electron chi connectivity index (χ3n) is 5.76. The Morgan fingerprint density at radius 3 is 2.17 bits per heavy atom. The summed E-state index contributed by atoms with van der Waals surface area (Å²) < 4.78 is 32.9. The Morgan fingerprint density at radius 2 is 1.48 bits per heavy atom. The maximum absolute atomic E-state index is 13.2. The van der Waals surface area contributed by atoms with Crippen molar-refractivity contribution in [2.75, 3.05) is 39.4 Å². The Balaban J connectivity index is 1.51. The van der Waals surface area contributed by atoms with Gasteiger partial charge in [-0.05, 0) is 36.5 Å². The van der Waals surface area contributed by atoms with Crippen LogP contribution in [0.2, 0.25) is 0 Å². The fourth-order valence-electron chi connectivity index (χ4n) is 4.11. The van der Waals surface area contributed by atoms with Crippen LogP contribution < -0.4 is 0 Å². The molecule has 7 heteroatoms. The number of carbonyl (C=O) groups excluding carboxylic acids is 1. The molecular weight excluding hydrogens is 388 g/mol. The fourth-order valence-corrected chi connectivity index (χ4v) is 5.70. The first kappa shape index (κ1) is 20.1. The zero-order valence-corrected chi connectivity index (χ0v) is 17.2. The Hall–Kier alpha value is -2.22. The molecule has 2 fully saturated rings. The average Bonchev–Trinajstić information content (AvgIpc) is 2.80. The van der Waals surface area contributed by atoms with Crippen LogP contribution in [0.4, 0.5) is 0 Å². The average molecular weight is 415 g/mol. The van der Waals surface area contributed by atoms with E-state index < -0.39 is 10.0 Å². The number of hydrogen-bond donors (Lipinski definition) is 0. The molecule has 0 spiro atoms. The Kier molecular flexibility index (Phi) is 5.99. The highest BCUT2D eigenvalue weighted by atomic mass is 32.2. The third-order valence-corrected chi connectivity index (χ3v) is 7.72. The largest absolute Gasteiger partial charge is 0.379 e. The second-order valence-electron chi connectivity index (χ2n) is 7.49. The summed E-state index contributed by atoms with van der Waals surface area (Å²) in [5.41, 5.74) is 1.56. The maximum atomic E-state index is 13.2. The van der Waals surface area contributed by atoms with E-state index in [0.717, 1.165) is 12.8 Å². The summed E-state index contributed by atoms with van der Waals surface area (Å²) in [6.45, 7) is 2.64. The van der Waals surface area contributed by atoms with Crippen molar-refractivity contribution in [1.29, 1.82) is 0 Å². The van der Waals surface area contributed by atoms with Crippen molar-refractivity contribution in [3.63, 3.8) is 0 Å². The Labute approximate surface area is 172 Å². The number of benzene rings is 2. The molecule has 0 aliphatic carbocycles. The molecule has 29 heavy (non-hydrogen) atoms. The number of piperidine rings is 1. The first-order chi connectivity index (χ1) is 14.1. The molecule has 2 aromatic carbocycles. The predicted octanol–water partition coefficient (Wildman–Crippen LogP) is 2.73. The normalized spacial score (nSPS) is 19.2.